The summed E-state index contributed by atoms with van der Waals surface area (Å²) in [6, 6.07) is 0. The van der Waals surface area contributed by atoms with E-state index >= 15 is 0 Å². The fraction of sp³-hybridized carbons (Fsp3) is 0.545. The summed E-state index contributed by atoms with van der Waals surface area (Å²) in [6.07, 6.45) is 3.77. The maximum absolute atomic E-state index is 10.9. The van der Waals surface area contributed by atoms with Crippen LogP contribution in [0, 0.1) is 0 Å². The molecule has 0 aliphatic heterocycles. The molecule has 1 aromatic rings. The Morgan fingerprint density at radius 3 is 2.50 bits per heavy atom. The van der Waals surface area contributed by atoms with Crippen molar-refractivity contribution in [2.75, 3.05) is 0 Å². The molecule has 0 fully saturated rings. The summed E-state index contributed by atoms with van der Waals surface area (Å²) in [7, 11) is 0. The monoisotopic (exact) mass is 192 g/mol. The number of nitrogens with zero attached hydrogens (tertiary/aromatic N) is 2. The highest BCUT2D eigenvalue weighted by molar-refractivity contribution is 5.77. The Bertz CT molecular complexity index is 339. The zero-order chi connectivity index (χ0) is 10.8. The first kappa shape index (κ1) is 10.8. The molecular weight excluding hydrogens is 176 g/mol. The van der Waals surface area contributed by atoms with Crippen molar-refractivity contribution in [1.82, 2.24) is 9.97 Å². The number of rotatable bonds is 2. The second-order valence-corrected chi connectivity index (χ2v) is 4.52. The SMILES string of the molecule is CC(=O)Cc1cncc(C(C)(C)C)n1. The first-order valence-corrected chi connectivity index (χ1v) is 4.70. The van der Waals surface area contributed by atoms with E-state index in [1.807, 2.05) is 0 Å². The van der Waals surface area contributed by atoms with Gasteiger partial charge in [-0.25, -0.2) is 0 Å². The average Bonchev–Trinajstić information content (AvgIpc) is 2.01. The van der Waals surface area contributed by atoms with E-state index in [2.05, 4.69) is 30.7 Å². The number of hydrogen-bond acceptors (Lipinski definition) is 3. The summed E-state index contributed by atoms with van der Waals surface area (Å²) in [5.74, 6) is 0.116. The Morgan fingerprint density at radius 1 is 1.36 bits per heavy atom. The van der Waals surface area contributed by atoms with Crippen LogP contribution in [0.5, 0.6) is 0 Å². The molecule has 0 atom stereocenters. The minimum Gasteiger partial charge on any atom is -0.300 e. The molecule has 0 saturated heterocycles. The van der Waals surface area contributed by atoms with Crippen LogP contribution < -0.4 is 0 Å². The molecule has 0 bridgehead atoms. The van der Waals surface area contributed by atoms with Gasteiger partial charge in [0.2, 0.25) is 0 Å². The third-order valence-corrected chi connectivity index (χ3v) is 1.88. The van der Waals surface area contributed by atoms with Crippen molar-refractivity contribution in [1.29, 1.82) is 0 Å². The third-order valence-electron chi connectivity index (χ3n) is 1.88. The molecule has 0 radical (unpaired) electrons. The topological polar surface area (TPSA) is 42.9 Å². The molecule has 1 aromatic heterocycles. The molecule has 14 heavy (non-hydrogen) atoms. The van der Waals surface area contributed by atoms with Gasteiger partial charge in [0.15, 0.2) is 0 Å². The van der Waals surface area contributed by atoms with Gasteiger partial charge >= 0.3 is 0 Å². The number of ketones is 1. The second-order valence-electron chi connectivity index (χ2n) is 4.52. The summed E-state index contributed by atoms with van der Waals surface area (Å²) >= 11 is 0. The summed E-state index contributed by atoms with van der Waals surface area (Å²) in [5.41, 5.74) is 1.67. The maximum atomic E-state index is 10.9. The first-order valence-electron chi connectivity index (χ1n) is 4.70. The predicted molar refractivity (Wildman–Crippen MR) is 55.1 cm³/mol. The van der Waals surface area contributed by atoms with E-state index in [0.717, 1.165) is 11.4 Å². The number of carbonyl (C=O) groups is 1. The lowest BCUT2D eigenvalue weighted by molar-refractivity contribution is -0.116. The molecule has 0 saturated carbocycles. The number of carbonyl (C=O) groups excluding carboxylic acids is 1. The molecule has 0 aliphatic rings. The van der Waals surface area contributed by atoms with Gasteiger partial charge in [0, 0.05) is 24.2 Å². The minimum absolute atomic E-state index is 0.0141. The molecule has 3 heteroatoms. The van der Waals surface area contributed by atoms with Gasteiger partial charge in [0.25, 0.3) is 0 Å². The Balaban J connectivity index is 2.95. The molecule has 3 nitrogen and oxygen atoms in total. The van der Waals surface area contributed by atoms with E-state index in [1.165, 1.54) is 0 Å². The van der Waals surface area contributed by atoms with Gasteiger partial charge in [0.1, 0.15) is 5.78 Å². The third kappa shape index (κ3) is 2.91. The lowest BCUT2D eigenvalue weighted by atomic mass is 9.92. The molecule has 0 amide bonds. The van der Waals surface area contributed by atoms with Crippen molar-refractivity contribution in [3.8, 4) is 0 Å². The highest BCUT2D eigenvalue weighted by Gasteiger charge is 2.16. The first-order chi connectivity index (χ1) is 6.39. The largest absolute Gasteiger partial charge is 0.300 e. The molecule has 0 N–H and O–H groups in total. The van der Waals surface area contributed by atoms with Crippen LogP contribution in [-0.2, 0) is 16.6 Å². The van der Waals surface area contributed by atoms with Gasteiger partial charge in [-0.15, -0.1) is 0 Å². The standard InChI is InChI=1S/C11H16N2O/c1-8(14)5-9-6-12-7-10(13-9)11(2,3)4/h6-7H,5H2,1-4H3. The molecule has 1 heterocycles. The Kier molecular flexibility index (Phi) is 2.99. The van der Waals surface area contributed by atoms with Crippen molar-refractivity contribution in [3.63, 3.8) is 0 Å². The van der Waals surface area contributed by atoms with Crippen molar-refractivity contribution in [3.05, 3.63) is 23.8 Å². The molecule has 0 unspecified atom stereocenters. The van der Waals surface area contributed by atoms with E-state index in [0.29, 0.717) is 6.42 Å². The van der Waals surface area contributed by atoms with Crippen molar-refractivity contribution >= 4 is 5.78 Å². The van der Waals surface area contributed by atoms with Crippen LogP contribution in [0.3, 0.4) is 0 Å². The molecule has 1 rings (SSSR count). The number of hydrogen-bond donors (Lipinski definition) is 0. The van der Waals surface area contributed by atoms with Crippen LogP contribution in [0.2, 0.25) is 0 Å². The normalized spacial score (nSPS) is 11.4. The highest BCUT2D eigenvalue weighted by Crippen LogP contribution is 2.18. The highest BCUT2D eigenvalue weighted by atomic mass is 16.1. The van der Waals surface area contributed by atoms with Gasteiger partial charge < -0.3 is 0 Å². The van der Waals surface area contributed by atoms with Crippen LogP contribution in [0.15, 0.2) is 12.4 Å². The Morgan fingerprint density at radius 2 is 2.00 bits per heavy atom. The van der Waals surface area contributed by atoms with Gasteiger partial charge in [-0.05, 0) is 6.92 Å². The molecular formula is C11H16N2O. The molecule has 0 aliphatic carbocycles. The fourth-order valence-electron chi connectivity index (χ4n) is 1.11. The van der Waals surface area contributed by atoms with Crippen molar-refractivity contribution in [2.45, 2.75) is 39.5 Å². The lowest BCUT2D eigenvalue weighted by Gasteiger charge is -2.17. The second kappa shape index (κ2) is 3.86. The number of aromatic nitrogens is 2. The van der Waals surface area contributed by atoms with Gasteiger partial charge in [-0.2, -0.15) is 0 Å². The van der Waals surface area contributed by atoms with Gasteiger partial charge in [-0.3, -0.25) is 14.8 Å². The van der Waals surface area contributed by atoms with Crippen LogP contribution in [-0.4, -0.2) is 15.8 Å². The average molecular weight is 192 g/mol. The Hall–Kier alpha value is -1.25. The molecule has 0 aromatic carbocycles. The fourth-order valence-corrected chi connectivity index (χ4v) is 1.11. The lowest BCUT2D eigenvalue weighted by Crippen LogP contribution is -2.15. The van der Waals surface area contributed by atoms with Crippen LogP contribution in [0.1, 0.15) is 39.1 Å². The zero-order valence-corrected chi connectivity index (χ0v) is 9.16. The van der Waals surface area contributed by atoms with E-state index < -0.39 is 0 Å². The molecule has 76 valence electrons. The van der Waals surface area contributed by atoms with Crippen molar-refractivity contribution < 1.29 is 4.79 Å². The van der Waals surface area contributed by atoms with Crippen LogP contribution >= 0.6 is 0 Å². The van der Waals surface area contributed by atoms with Gasteiger partial charge in [-0.1, -0.05) is 20.8 Å². The summed E-state index contributed by atoms with van der Waals surface area (Å²) in [5, 5.41) is 0. The number of Topliss-reactive ketones (excluding diaryl/α,β-unsaturated/α-hetero) is 1. The van der Waals surface area contributed by atoms with Gasteiger partial charge in [0.05, 0.1) is 11.4 Å². The van der Waals surface area contributed by atoms with E-state index in [1.54, 1.807) is 19.3 Å². The quantitative estimate of drug-likeness (QED) is 0.718. The smallest absolute Gasteiger partial charge is 0.135 e. The van der Waals surface area contributed by atoms with E-state index in [4.69, 9.17) is 0 Å². The summed E-state index contributed by atoms with van der Waals surface area (Å²) in [6.45, 7) is 7.79. The van der Waals surface area contributed by atoms with E-state index in [9.17, 15) is 4.79 Å². The summed E-state index contributed by atoms with van der Waals surface area (Å²) < 4.78 is 0. The minimum atomic E-state index is -0.0141. The summed E-state index contributed by atoms with van der Waals surface area (Å²) in [4.78, 5) is 19.4. The molecule has 0 spiro atoms. The zero-order valence-electron chi connectivity index (χ0n) is 9.16. The van der Waals surface area contributed by atoms with E-state index in [-0.39, 0.29) is 11.2 Å². The van der Waals surface area contributed by atoms with Crippen molar-refractivity contribution in [2.24, 2.45) is 0 Å². The Labute approximate surface area is 84.6 Å². The van der Waals surface area contributed by atoms with Crippen LogP contribution in [0.25, 0.3) is 0 Å². The predicted octanol–water partition coefficient (Wildman–Crippen LogP) is 1.91. The van der Waals surface area contributed by atoms with Crippen LogP contribution in [0.4, 0.5) is 0 Å². The maximum Gasteiger partial charge on any atom is 0.135 e.